The molecule has 0 unspecified atom stereocenters. The number of nitrogens with zero attached hydrogens (tertiary/aromatic N) is 1. The van der Waals surface area contributed by atoms with Crippen LogP contribution in [0, 0.1) is 16.0 Å². The van der Waals surface area contributed by atoms with Crippen molar-refractivity contribution in [2.24, 2.45) is 5.92 Å². The highest BCUT2D eigenvalue weighted by atomic mass is 79.9. The summed E-state index contributed by atoms with van der Waals surface area (Å²) in [6.07, 6.45) is 4.48. The zero-order valence-electron chi connectivity index (χ0n) is 11.0. The van der Waals surface area contributed by atoms with E-state index in [1.165, 1.54) is 18.2 Å². The molecule has 1 saturated carbocycles. The van der Waals surface area contributed by atoms with Crippen molar-refractivity contribution in [3.05, 3.63) is 39.9 Å². The number of hydrogen-bond acceptors (Lipinski definition) is 3. The number of rotatable bonds is 4. The highest BCUT2D eigenvalue weighted by Crippen LogP contribution is 2.28. The molecule has 0 saturated heterocycles. The third kappa shape index (κ3) is 4.03. The molecule has 6 heteroatoms. The molecule has 1 N–H and O–H groups in total. The molecule has 5 nitrogen and oxygen atoms in total. The van der Waals surface area contributed by atoms with E-state index >= 15 is 0 Å². The van der Waals surface area contributed by atoms with Gasteiger partial charge >= 0.3 is 0 Å². The number of hydrogen-bond donors (Lipinski definition) is 1. The van der Waals surface area contributed by atoms with Crippen LogP contribution < -0.4 is 5.32 Å². The standard InChI is InChI=1S/C14H17BrN2O3/c15-12-6-4-10(5-7-12)9-16-14(18)11-2-1-3-13(8-11)17(19)20/h1-3,8,10,12H,4-7,9H2,(H,16,18). The van der Waals surface area contributed by atoms with E-state index < -0.39 is 4.92 Å². The number of alkyl halides is 1. The van der Waals surface area contributed by atoms with Gasteiger partial charge in [-0.1, -0.05) is 22.0 Å². The molecule has 2 rings (SSSR count). The topological polar surface area (TPSA) is 72.2 Å². The van der Waals surface area contributed by atoms with Gasteiger partial charge in [-0.05, 0) is 37.7 Å². The second kappa shape index (κ2) is 6.83. The van der Waals surface area contributed by atoms with Crippen LogP contribution in [0.2, 0.25) is 0 Å². The van der Waals surface area contributed by atoms with Gasteiger partial charge in [0.15, 0.2) is 0 Å². The zero-order chi connectivity index (χ0) is 14.5. The number of benzene rings is 1. The SMILES string of the molecule is O=C(NCC1CCC(Br)CC1)c1cccc([N+](=O)[O-])c1. The first-order valence-corrected chi connectivity index (χ1v) is 7.64. The number of nitro benzene ring substituents is 1. The fraction of sp³-hybridized carbons (Fsp3) is 0.500. The summed E-state index contributed by atoms with van der Waals surface area (Å²) in [5.74, 6) is 0.265. The minimum Gasteiger partial charge on any atom is -0.352 e. The second-order valence-electron chi connectivity index (χ2n) is 5.14. The fourth-order valence-electron chi connectivity index (χ4n) is 2.43. The van der Waals surface area contributed by atoms with Crippen LogP contribution in [0.1, 0.15) is 36.0 Å². The van der Waals surface area contributed by atoms with E-state index in [4.69, 9.17) is 0 Å². The van der Waals surface area contributed by atoms with Crippen molar-refractivity contribution in [2.45, 2.75) is 30.5 Å². The Balaban J connectivity index is 1.88. The monoisotopic (exact) mass is 340 g/mol. The van der Waals surface area contributed by atoms with Crippen molar-refractivity contribution in [1.82, 2.24) is 5.32 Å². The number of carbonyl (C=O) groups is 1. The van der Waals surface area contributed by atoms with E-state index in [-0.39, 0.29) is 11.6 Å². The van der Waals surface area contributed by atoms with Crippen LogP contribution in [0.4, 0.5) is 5.69 Å². The Bertz CT molecular complexity index is 499. The Morgan fingerprint density at radius 3 is 2.70 bits per heavy atom. The van der Waals surface area contributed by atoms with Gasteiger partial charge in [-0.2, -0.15) is 0 Å². The van der Waals surface area contributed by atoms with Crippen molar-refractivity contribution < 1.29 is 9.72 Å². The number of amides is 1. The molecule has 0 heterocycles. The summed E-state index contributed by atoms with van der Waals surface area (Å²) >= 11 is 3.60. The number of nitrogens with one attached hydrogen (secondary N) is 1. The number of non-ortho nitro benzene ring substituents is 1. The molecule has 0 aromatic heterocycles. The average Bonchev–Trinajstić information content (AvgIpc) is 2.46. The summed E-state index contributed by atoms with van der Waals surface area (Å²) in [6.45, 7) is 0.640. The fourth-order valence-corrected chi connectivity index (χ4v) is 2.95. The molecule has 0 aliphatic heterocycles. The van der Waals surface area contributed by atoms with Crippen LogP contribution >= 0.6 is 15.9 Å². The summed E-state index contributed by atoms with van der Waals surface area (Å²) in [5, 5.41) is 13.6. The first kappa shape index (κ1) is 15.0. The van der Waals surface area contributed by atoms with Gasteiger partial charge in [0.2, 0.25) is 0 Å². The molecule has 0 atom stereocenters. The number of halogens is 1. The Morgan fingerprint density at radius 2 is 2.05 bits per heavy atom. The Kier molecular flexibility index (Phi) is 5.11. The largest absolute Gasteiger partial charge is 0.352 e. The molecule has 1 amide bonds. The lowest BCUT2D eigenvalue weighted by Gasteiger charge is -2.25. The molecule has 1 aromatic carbocycles. The van der Waals surface area contributed by atoms with Gasteiger partial charge in [-0.15, -0.1) is 0 Å². The summed E-state index contributed by atoms with van der Waals surface area (Å²) in [5.41, 5.74) is 0.283. The molecule has 20 heavy (non-hydrogen) atoms. The normalized spacial score (nSPS) is 22.2. The van der Waals surface area contributed by atoms with Gasteiger partial charge in [-0.25, -0.2) is 0 Å². The van der Waals surface area contributed by atoms with Gasteiger partial charge in [0.05, 0.1) is 4.92 Å². The highest BCUT2D eigenvalue weighted by molar-refractivity contribution is 9.09. The van der Waals surface area contributed by atoms with E-state index in [9.17, 15) is 14.9 Å². The summed E-state index contributed by atoms with van der Waals surface area (Å²) in [6, 6.07) is 5.82. The predicted octanol–water partition coefficient (Wildman–Crippen LogP) is 3.28. The Morgan fingerprint density at radius 1 is 1.35 bits per heavy atom. The predicted molar refractivity (Wildman–Crippen MR) is 80.1 cm³/mol. The minimum atomic E-state index is -0.492. The smallest absolute Gasteiger partial charge is 0.270 e. The molecule has 0 bridgehead atoms. The number of carbonyl (C=O) groups excluding carboxylic acids is 1. The molecule has 0 radical (unpaired) electrons. The van der Waals surface area contributed by atoms with E-state index in [0.29, 0.717) is 22.9 Å². The quantitative estimate of drug-likeness (QED) is 0.519. The van der Waals surface area contributed by atoms with Crippen molar-refractivity contribution in [2.75, 3.05) is 6.54 Å². The second-order valence-corrected chi connectivity index (χ2v) is 6.43. The van der Waals surface area contributed by atoms with Gasteiger partial charge < -0.3 is 5.32 Å². The van der Waals surface area contributed by atoms with Crippen molar-refractivity contribution in [3.63, 3.8) is 0 Å². The third-order valence-electron chi connectivity index (χ3n) is 3.65. The van der Waals surface area contributed by atoms with Crippen molar-refractivity contribution in [1.29, 1.82) is 0 Å². The van der Waals surface area contributed by atoms with Gasteiger partial charge in [-0.3, -0.25) is 14.9 Å². The van der Waals surface area contributed by atoms with E-state index in [1.54, 1.807) is 6.07 Å². The highest BCUT2D eigenvalue weighted by Gasteiger charge is 2.20. The Hall–Kier alpha value is -1.43. The zero-order valence-corrected chi connectivity index (χ0v) is 12.6. The first-order valence-electron chi connectivity index (χ1n) is 6.73. The van der Waals surface area contributed by atoms with Crippen LogP contribution in [0.15, 0.2) is 24.3 Å². The molecular weight excluding hydrogens is 324 g/mol. The molecule has 1 aliphatic rings. The van der Waals surface area contributed by atoms with Gasteiger partial charge in [0.1, 0.15) is 0 Å². The maximum absolute atomic E-state index is 12.0. The summed E-state index contributed by atoms with van der Waals surface area (Å²) < 4.78 is 0. The molecule has 1 aliphatic carbocycles. The van der Waals surface area contributed by atoms with E-state index in [1.807, 2.05) is 0 Å². The molecule has 1 aromatic rings. The van der Waals surface area contributed by atoms with Crippen LogP contribution in [-0.2, 0) is 0 Å². The van der Waals surface area contributed by atoms with Gasteiger partial charge in [0.25, 0.3) is 11.6 Å². The summed E-state index contributed by atoms with van der Waals surface area (Å²) in [4.78, 5) is 22.8. The molecule has 108 valence electrons. The summed E-state index contributed by atoms with van der Waals surface area (Å²) in [7, 11) is 0. The van der Waals surface area contributed by atoms with Gasteiger partial charge in [0, 0.05) is 29.1 Å². The minimum absolute atomic E-state index is 0.0579. The first-order chi connectivity index (χ1) is 9.56. The van der Waals surface area contributed by atoms with Crippen LogP contribution in [0.3, 0.4) is 0 Å². The lowest BCUT2D eigenvalue weighted by Crippen LogP contribution is -2.31. The van der Waals surface area contributed by atoms with Crippen molar-refractivity contribution in [3.8, 4) is 0 Å². The third-order valence-corrected chi connectivity index (χ3v) is 4.56. The lowest BCUT2D eigenvalue weighted by atomic mass is 9.89. The molecule has 0 spiro atoms. The average molecular weight is 341 g/mol. The van der Waals surface area contributed by atoms with Crippen LogP contribution in [0.5, 0.6) is 0 Å². The van der Waals surface area contributed by atoms with Crippen molar-refractivity contribution >= 4 is 27.5 Å². The molecular formula is C14H17BrN2O3. The van der Waals surface area contributed by atoms with Crippen LogP contribution in [-0.4, -0.2) is 22.2 Å². The number of nitro groups is 1. The van der Waals surface area contributed by atoms with E-state index in [0.717, 1.165) is 25.7 Å². The Labute approximate surface area is 126 Å². The van der Waals surface area contributed by atoms with E-state index in [2.05, 4.69) is 21.2 Å². The lowest BCUT2D eigenvalue weighted by molar-refractivity contribution is -0.384. The van der Waals surface area contributed by atoms with Crippen LogP contribution in [0.25, 0.3) is 0 Å². The maximum atomic E-state index is 12.0. The molecule has 1 fully saturated rings. The maximum Gasteiger partial charge on any atom is 0.270 e.